The summed E-state index contributed by atoms with van der Waals surface area (Å²) in [5.74, 6) is 5.30. The first-order valence-corrected chi connectivity index (χ1v) is 4.13. The van der Waals surface area contributed by atoms with Crippen molar-refractivity contribution in [3.05, 3.63) is 17.7 Å². The minimum absolute atomic E-state index is 0.0454. The van der Waals surface area contributed by atoms with Crippen LogP contribution in [-0.4, -0.2) is 11.7 Å². The third kappa shape index (κ3) is 2.03. The molecule has 0 radical (unpaired) electrons. The molecule has 0 atom stereocenters. The van der Waals surface area contributed by atoms with E-state index in [1.807, 2.05) is 13.8 Å². The van der Waals surface area contributed by atoms with E-state index in [0.29, 0.717) is 5.75 Å². The van der Waals surface area contributed by atoms with Gasteiger partial charge in [-0.1, -0.05) is 0 Å². The van der Waals surface area contributed by atoms with Gasteiger partial charge in [0.05, 0.1) is 0 Å². The summed E-state index contributed by atoms with van der Waals surface area (Å²) in [6.07, 6.45) is 0. The largest absolute Gasteiger partial charge is 0.504 e. The molecule has 72 valence electrons. The number of aromatic hydroxyl groups is 1. The molecule has 0 fully saturated rings. The van der Waals surface area contributed by atoms with Gasteiger partial charge in [0.15, 0.2) is 11.5 Å². The number of anilines is 1. The number of hydrogen-bond acceptors (Lipinski definition) is 4. The molecule has 0 aliphatic carbocycles. The average molecular weight is 182 g/mol. The molecule has 0 unspecified atom stereocenters. The minimum atomic E-state index is 0.0454. The van der Waals surface area contributed by atoms with E-state index in [1.54, 1.807) is 12.1 Å². The van der Waals surface area contributed by atoms with Crippen molar-refractivity contribution in [2.75, 3.05) is 11.9 Å². The van der Waals surface area contributed by atoms with Gasteiger partial charge in [-0.15, -0.1) is 0 Å². The lowest BCUT2D eigenvalue weighted by atomic mass is 10.2. The Morgan fingerprint density at radius 1 is 1.54 bits per heavy atom. The van der Waals surface area contributed by atoms with E-state index < -0.39 is 0 Å². The summed E-state index contributed by atoms with van der Waals surface area (Å²) in [5.41, 5.74) is 1.88. The molecule has 0 aliphatic rings. The summed E-state index contributed by atoms with van der Waals surface area (Å²) in [6.45, 7) is 4.72. The molecule has 1 aromatic rings. The number of benzene rings is 1. The zero-order chi connectivity index (χ0) is 9.84. The molecule has 0 aromatic heterocycles. The molecular weight excluding hydrogens is 168 g/mol. The standard InChI is InChI=1S/C9H14N2O2/c1-3-11-7-5-8(12)9(13-10)4-6(7)2/h4-5,11-12H,3,10H2,1-2H3. The Bertz CT molecular complexity index is 300. The van der Waals surface area contributed by atoms with Crippen molar-refractivity contribution in [3.8, 4) is 11.5 Å². The molecule has 4 heteroatoms. The third-order valence-electron chi connectivity index (χ3n) is 1.80. The number of nitrogens with one attached hydrogen (secondary N) is 1. The van der Waals surface area contributed by atoms with Crippen LogP contribution in [0.4, 0.5) is 5.69 Å². The molecule has 4 nitrogen and oxygen atoms in total. The number of hydrogen-bond donors (Lipinski definition) is 3. The normalized spacial score (nSPS) is 9.77. The fraction of sp³-hybridized carbons (Fsp3) is 0.333. The summed E-state index contributed by atoms with van der Waals surface area (Å²) >= 11 is 0. The lowest BCUT2D eigenvalue weighted by Crippen LogP contribution is -2.04. The van der Waals surface area contributed by atoms with E-state index in [1.165, 1.54) is 0 Å². The molecule has 4 N–H and O–H groups in total. The second kappa shape index (κ2) is 4.00. The van der Waals surface area contributed by atoms with Crippen LogP contribution in [0.3, 0.4) is 0 Å². The van der Waals surface area contributed by atoms with E-state index in [9.17, 15) is 5.11 Å². The zero-order valence-electron chi connectivity index (χ0n) is 7.79. The minimum Gasteiger partial charge on any atom is -0.504 e. The molecule has 1 aromatic carbocycles. The van der Waals surface area contributed by atoms with E-state index in [4.69, 9.17) is 5.90 Å². The molecular formula is C9H14N2O2. The maximum Gasteiger partial charge on any atom is 0.188 e. The SMILES string of the molecule is CCNc1cc(O)c(ON)cc1C. The molecule has 0 saturated carbocycles. The van der Waals surface area contributed by atoms with Crippen molar-refractivity contribution in [1.82, 2.24) is 0 Å². The van der Waals surface area contributed by atoms with E-state index in [2.05, 4.69) is 10.2 Å². The van der Waals surface area contributed by atoms with Crippen LogP contribution in [-0.2, 0) is 0 Å². The summed E-state index contributed by atoms with van der Waals surface area (Å²) in [5, 5.41) is 12.5. The Balaban J connectivity index is 3.05. The number of phenols is 1. The lowest BCUT2D eigenvalue weighted by Gasteiger charge is -2.10. The molecule has 0 bridgehead atoms. The Labute approximate surface area is 77.3 Å². The van der Waals surface area contributed by atoms with Crippen molar-refractivity contribution in [3.63, 3.8) is 0 Å². The van der Waals surface area contributed by atoms with Gasteiger partial charge in [-0.05, 0) is 25.5 Å². The fourth-order valence-electron chi connectivity index (χ4n) is 1.15. The zero-order valence-corrected chi connectivity index (χ0v) is 7.79. The van der Waals surface area contributed by atoms with Gasteiger partial charge in [0, 0.05) is 18.3 Å². The maximum atomic E-state index is 9.40. The number of aryl methyl sites for hydroxylation is 1. The van der Waals surface area contributed by atoms with Gasteiger partial charge >= 0.3 is 0 Å². The molecule has 0 aliphatic heterocycles. The summed E-state index contributed by atoms with van der Waals surface area (Å²) in [7, 11) is 0. The summed E-state index contributed by atoms with van der Waals surface area (Å²) < 4.78 is 0. The number of phenolic OH excluding ortho intramolecular Hbond substituents is 1. The van der Waals surface area contributed by atoms with Crippen LogP contribution in [0, 0.1) is 6.92 Å². The third-order valence-corrected chi connectivity index (χ3v) is 1.80. The van der Waals surface area contributed by atoms with Crippen LogP contribution in [0.5, 0.6) is 11.5 Å². The highest BCUT2D eigenvalue weighted by atomic mass is 16.6. The first-order chi connectivity index (χ1) is 6.19. The van der Waals surface area contributed by atoms with Crippen molar-refractivity contribution in [2.24, 2.45) is 5.90 Å². The number of nitrogens with two attached hydrogens (primary N) is 1. The van der Waals surface area contributed by atoms with Crippen molar-refractivity contribution in [1.29, 1.82) is 0 Å². The quantitative estimate of drug-likeness (QED) is 0.618. The van der Waals surface area contributed by atoms with Crippen molar-refractivity contribution in [2.45, 2.75) is 13.8 Å². The topological polar surface area (TPSA) is 67.5 Å². The van der Waals surface area contributed by atoms with Gasteiger partial charge in [0.1, 0.15) is 0 Å². The highest BCUT2D eigenvalue weighted by molar-refractivity contribution is 5.59. The van der Waals surface area contributed by atoms with Crippen molar-refractivity contribution >= 4 is 5.69 Å². The predicted molar refractivity (Wildman–Crippen MR) is 51.8 cm³/mol. The van der Waals surface area contributed by atoms with Gasteiger partial charge in [-0.2, -0.15) is 5.90 Å². The van der Waals surface area contributed by atoms with Crippen LogP contribution in [0.1, 0.15) is 12.5 Å². The highest BCUT2D eigenvalue weighted by Crippen LogP contribution is 2.31. The van der Waals surface area contributed by atoms with Crippen LogP contribution in [0.25, 0.3) is 0 Å². The monoisotopic (exact) mass is 182 g/mol. The molecule has 0 saturated heterocycles. The maximum absolute atomic E-state index is 9.40. The van der Waals surface area contributed by atoms with Gasteiger partial charge in [-0.25, -0.2) is 0 Å². The van der Waals surface area contributed by atoms with E-state index in [0.717, 1.165) is 17.8 Å². The molecule has 0 spiro atoms. The Morgan fingerprint density at radius 3 is 2.77 bits per heavy atom. The highest BCUT2D eigenvalue weighted by Gasteiger charge is 2.05. The Kier molecular flexibility index (Phi) is 2.97. The van der Waals surface area contributed by atoms with Gasteiger partial charge < -0.3 is 15.3 Å². The van der Waals surface area contributed by atoms with Gasteiger partial charge in [0.2, 0.25) is 0 Å². The van der Waals surface area contributed by atoms with E-state index in [-0.39, 0.29) is 5.75 Å². The number of rotatable bonds is 3. The smallest absolute Gasteiger partial charge is 0.188 e. The van der Waals surface area contributed by atoms with Crippen LogP contribution < -0.4 is 16.1 Å². The fourth-order valence-corrected chi connectivity index (χ4v) is 1.15. The van der Waals surface area contributed by atoms with Gasteiger partial charge in [0.25, 0.3) is 0 Å². The second-order valence-electron chi connectivity index (χ2n) is 2.78. The van der Waals surface area contributed by atoms with Crippen molar-refractivity contribution < 1.29 is 9.94 Å². The predicted octanol–water partition coefficient (Wildman–Crippen LogP) is 1.38. The molecule has 0 heterocycles. The second-order valence-corrected chi connectivity index (χ2v) is 2.78. The van der Waals surface area contributed by atoms with Crippen LogP contribution >= 0.6 is 0 Å². The Hall–Kier alpha value is -1.42. The summed E-state index contributed by atoms with van der Waals surface area (Å²) in [4.78, 5) is 4.48. The molecule has 0 amide bonds. The molecule has 1 rings (SSSR count). The summed E-state index contributed by atoms with van der Waals surface area (Å²) in [6, 6.07) is 3.29. The molecule has 13 heavy (non-hydrogen) atoms. The van der Waals surface area contributed by atoms with Crippen LogP contribution in [0.2, 0.25) is 0 Å². The Morgan fingerprint density at radius 2 is 2.23 bits per heavy atom. The lowest BCUT2D eigenvalue weighted by molar-refractivity contribution is 0.312. The first-order valence-electron chi connectivity index (χ1n) is 4.13. The van der Waals surface area contributed by atoms with E-state index >= 15 is 0 Å². The van der Waals surface area contributed by atoms with Crippen LogP contribution in [0.15, 0.2) is 12.1 Å². The average Bonchev–Trinajstić information content (AvgIpc) is 2.11. The van der Waals surface area contributed by atoms with Gasteiger partial charge in [-0.3, -0.25) is 0 Å². The first kappa shape index (κ1) is 9.67.